The van der Waals surface area contributed by atoms with Gasteiger partial charge >= 0.3 is 17.9 Å². The van der Waals surface area contributed by atoms with Gasteiger partial charge in [0, 0.05) is 19.3 Å². The van der Waals surface area contributed by atoms with Gasteiger partial charge in [0.25, 0.3) is 0 Å². The minimum absolute atomic E-state index is 0.0770. The van der Waals surface area contributed by atoms with Crippen LogP contribution in [0.4, 0.5) is 0 Å². The Bertz CT molecular complexity index is 953. The zero-order chi connectivity index (χ0) is 40.8. The first kappa shape index (κ1) is 53.6. The van der Waals surface area contributed by atoms with E-state index in [1.54, 1.807) is 0 Å². The summed E-state index contributed by atoms with van der Waals surface area (Å²) in [5.41, 5.74) is 0. The molecule has 56 heavy (non-hydrogen) atoms. The highest BCUT2D eigenvalue weighted by atomic mass is 16.6. The van der Waals surface area contributed by atoms with Gasteiger partial charge in [0.1, 0.15) is 13.2 Å². The normalized spacial score (nSPS) is 12.3. The molecule has 6 nitrogen and oxygen atoms in total. The molecular formula is C50H90O6. The highest BCUT2D eigenvalue weighted by Crippen LogP contribution is 2.15. The van der Waals surface area contributed by atoms with Crippen molar-refractivity contribution in [1.29, 1.82) is 0 Å². The SMILES string of the molecule is CC\C=C/C=C\C=C/CCCCCCCC(=O)OC(COC(=O)CCCCCCCCCCC)COC(=O)CCCCCCCCCCCCCCCCCC. The average molecular weight is 787 g/mol. The second kappa shape index (κ2) is 45.3. The lowest BCUT2D eigenvalue weighted by Gasteiger charge is -2.18. The van der Waals surface area contributed by atoms with Gasteiger partial charge in [-0.25, -0.2) is 0 Å². The molecule has 0 heterocycles. The van der Waals surface area contributed by atoms with Crippen LogP contribution in [-0.2, 0) is 28.6 Å². The van der Waals surface area contributed by atoms with Crippen molar-refractivity contribution in [3.8, 4) is 0 Å². The maximum Gasteiger partial charge on any atom is 0.306 e. The average Bonchev–Trinajstić information content (AvgIpc) is 3.19. The molecule has 0 amide bonds. The second-order valence-corrected chi connectivity index (χ2v) is 16.1. The summed E-state index contributed by atoms with van der Waals surface area (Å²) in [5, 5.41) is 0. The van der Waals surface area contributed by atoms with Crippen LogP contribution in [0.25, 0.3) is 0 Å². The van der Waals surface area contributed by atoms with Gasteiger partial charge in [-0.3, -0.25) is 14.4 Å². The number of hydrogen-bond acceptors (Lipinski definition) is 6. The predicted molar refractivity (Wildman–Crippen MR) is 238 cm³/mol. The molecule has 0 aliphatic heterocycles. The molecule has 0 aromatic heterocycles. The maximum atomic E-state index is 12.7. The summed E-state index contributed by atoms with van der Waals surface area (Å²) in [7, 11) is 0. The number of hydrogen-bond donors (Lipinski definition) is 0. The van der Waals surface area contributed by atoms with Gasteiger partial charge in [0.15, 0.2) is 6.10 Å². The Morgan fingerprint density at radius 3 is 1.07 bits per heavy atom. The van der Waals surface area contributed by atoms with E-state index in [4.69, 9.17) is 14.2 Å². The lowest BCUT2D eigenvalue weighted by atomic mass is 10.0. The van der Waals surface area contributed by atoms with Crippen LogP contribution < -0.4 is 0 Å². The van der Waals surface area contributed by atoms with Crippen LogP contribution in [0.5, 0.6) is 0 Å². The highest BCUT2D eigenvalue weighted by molar-refractivity contribution is 5.71. The van der Waals surface area contributed by atoms with Crippen molar-refractivity contribution in [2.45, 2.75) is 252 Å². The van der Waals surface area contributed by atoms with E-state index in [9.17, 15) is 14.4 Å². The molecular weight excluding hydrogens is 697 g/mol. The molecule has 0 rings (SSSR count). The molecule has 0 saturated carbocycles. The smallest absolute Gasteiger partial charge is 0.306 e. The molecule has 0 aliphatic carbocycles. The molecule has 0 fully saturated rings. The van der Waals surface area contributed by atoms with Crippen molar-refractivity contribution in [2.75, 3.05) is 13.2 Å². The molecule has 0 saturated heterocycles. The summed E-state index contributed by atoms with van der Waals surface area (Å²) in [5.74, 6) is -0.894. The minimum atomic E-state index is -0.775. The Morgan fingerprint density at radius 1 is 0.375 bits per heavy atom. The Balaban J connectivity index is 4.32. The third kappa shape index (κ3) is 42.8. The first-order valence-corrected chi connectivity index (χ1v) is 24.0. The number of rotatable bonds is 43. The van der Waals surface area contributed by atoms with Crippen molar-refractivity contribution in [3.63, 3.8) is 0 Å². The Morgan fingerprint density at radius 2 is 0.696 bits per heavy atom. The van der Waals surface area contributed by atoms with E-state index >= 15 is 0 Å². The van der Waals surface area contributed by atoms with Gasteiger partial charge in [-0.2, -0.15) is 0 Å². The van der Waals surface area contributed by atoms with E-state index in [-0.39, 0.29) is 31.1 Å². The summed E-state index contributed by atoms with van der Waals surface area (Å²) < 4.78 is 16.7. The second-order valence-electron chi connectivity index (χ2n) is 16.1. The standard InChI is InChI=1S/C50H90O6/c1-4-7-10-13-16-19-21-23-24-25-27-28-31-34-37-40-43-49(52)55-46-47(45-54-48(51)42-39-36-33-30-18-15-12-9-6-3)56-50(53)44-41-38-35-32-29-26-22-20-17-14-11-8-5-2/h8,11,14,17,20,22,47H,4-7,9-10,12-13,15-16,18-19,21,23-46H2,1-3H3/b11-8-,17-14-,22-20-. The number of esters is 3. The molecule has 0 bridgehead atoms. The zero-order valence-electron chi connectivity index (χ0n) is 37.2. The minimum Gasteiger partial charge on any atom is -0.462 e. The lowest BCUT2D eigenvalue weighted by molar-refractivity contribution is -0.167. The molecule has 0 spiro atoms. The fourth-order valence-electron chi connectivity index (χ4n) is 6.85. The van der Waals surface area contributed by atoms with Gasteiger partial charge < -0.3 is 14.2 Å². The molecule has 0 aliphatic rings. The summed E-state index contributed by atoms with van der Waals surface area (Å²) >= 11 is 0. The maximum absolute atomic E-state index is 12.7. The fourth-order valence-corrected chi connectivity index (χ4v) is 6.85. The van der Waals surface area contributed by atoms with Gasteiger partial charge in [-0.05, 0) is 38.5 Å². The molecule has 1 unspecified atom stereocenters. The predicted octanol–water partition coefficient (Wildman–Crippen LogP) is 15.4. The molecule has 0 radical (unpaired) electrons. The molecule has 6 heteroatoms. The van der Waals surface area contributed by atoms with Gasteiger partial charge in [-0.1, -0.05) is 224 Å². The van der Waals surface area contributed by atoms with E-state index in [2.05, 4.69) is 57.2 Å². The van der Waals surface area contributed by atoms with Crippen molar-refractivity contribution in [2.24, 2.45) is 0 Å². The molecule has 0 aromatic rings. The van der Waals surface area contributed by atoms with Crippen LogP contribution in [0.3, 0.4) is 0 Å². The number of ether oxygens (including phenoxy) is 3. The van der Waals surface area contributed by atoms with Crippen LogP contribution in [0.15, 0.2) is 36.5 Å². The Kier molecular flexibility index (Phi) is 43.4. The van der Waals surface area contributed by atoms with Gasteiger partial charge in [0.2, 0.25) is 0 Å². The molecule has 0 aromatic carbocycles. The number of carbonyl (C=O) groups excluding carboxylic acids is 3. The topological polar surface area (TPSA) is 78.9 Å². The summed E-state index contributed by atoms with van der Waals surface area (Å²) in [6.07, 6.45) is 51.3. The number of allylic oxidation sites excluding steroid dienone is 6. The van der Waals surface area contributed by atoms with Crippen molar-refractivity contribution in [1.82, 2.24) is 0 Å². The summed E-state index contributed by atoms with van der Waals surface area (Å²) in [4.78, 5) is 37.7. The van der Waals surface area contributed by atoms with Gasteiger partial charge in [0.05, 0.1) is 0 Å². The van der Waals surface area contributed by atoms with E-state index in [0.29, 0.717) is 19.3 Å². The first-order chi connectivity index (χ1) is 27.5. The quantitative estimate of drug-likeness (QED) is 0.0265. The van der Waals surface area contributed by atoms with Crippen molar-refractivity contribution in [3.05, 3.63) is 36.5 Å². The highest BCUT2D eigenvalue weighted by Gasteiger charge is 2.19. The van der Waals surface area contributed by atoms with Crippen LogP contribution >= 0.6 is 0 Å². The molecule has 1 atom stereocenters. The van der Waals surface area contributed by atoms with E-state index < -0.39 is 6.10 Å². The fraction of sp³-hybridized carbons (Fsp3) is 0.820. The molecule has 326 valence electrons. The van der Waals surface area contributed by atoms with E-state index in [1.165, 1.54) is 122 Å². The monoisotopic (exact) mass is 787 g/mol. The largest absolute Gasteiger partial charge is 0.462 e. The van der Waals surface area contributed by atoms with Crippen molar-refractivity contribution < 1.29 is 28.6 Å². The molecule has 0 N–H and O–H groups in total. The summed E-state index contributed by atoms with van der Waals surface area (Å²) in [6.45, 7) is 6.48. The summed E-state index contributed by atoms with van der Waals surface area (Å²) in [6, 6.07) is 0. The van der Waals surface area contributed by atoms with Crippen LogP contribution in [0.2, 0.25) is 0 Å². The van der Waals surface area contributed by atoms with Crippen LogP contribution in [0, 0.1) is 0 Å². The zero-order valence-corrected chi connectivity index (χ0v) is 37.2. The van der Waals surface area contributed by atoms with Crippen LogP contribution in [0.1, 0.15) is 245 Å². The van der Waals surface area contributed by atoms with E-state index in [0.717, 1.165) is 83.5 Å². The third-order valence-corrected chi connectivity index (χ3v) is 10.5. The first-order valence-electron chi connectivity index (χ1n) is 24.0. The Labute approximate surface area is 346 Å². The number of unbranched alkanes of at least 4 members (excludes halogenated alkanes) is 28. The number of carbonyl (C=O) groups is 3. The van der Waals surface area contributed by atoms with E-state index in [1.807, 2.05) is 0 Å². The lowest BCUT2D eigenvalue weighted by Crippen LogP contribution is -2.30. The van der Waals surface area contributed by atoms with Crippen LogP contribution in [-0.4, -0.2) is 37.2 Å². The Hall–Kier alpha value is -2.37. The van der Waals surface area contributed by atoms with Gasteiger partial charge in [-0.15, -0.1) is 0 Å². The van der Waals surface area contributed by atoms with Crippen molar-refractivity contribution >= 4 is 17.9 Å². The third-order valence-electron chi connectivity index (χ3n) is 10.5.